The molecule has 1 aliphatic rings. The fourth-order valence-electron chi connectivity index (χ4n) is 2.16. The molecule has 3 aromatic heterocycles. The van der Waals surface area contributed by atoms with Crippen LogP contribution in [0.5, 0.6) is 0 Å². The van der Waals surface area contributed by atoms with Crippen LogP contribution in [-0.4, -0.2) is 20.7 Å². The molecule has 0 amide bonds. The molecule has 1 aliphatic carbocycles. The maximum absolute atomic E-state index is 11.0. The number of aromatic nitrogens is 3. The highest BCUT2D eigenvalue weighted by atomic mass is 79.9. The molecule has 0 atom stereocenters. The van der Waals surface area contributed by atoms with Crippen LogP contribution in [0.1, 0.15) is 11.3 Å². The van der Waals surface area contributed by atoms with Crippen molar-refractivity contribution in [2.24, 2.45) is 0 Å². The molecule has 29 heavy (non-hydrogen) atoms. The lowest BCUT2D eigenvalue weighted by atomic mass is 10.0. The minimum absolute atomic E-state index is 0.141. The normalized spacial score (nSPS) is 12.4. The van der Waals surface area contributed by atoms with Gasteiger partial charge in [-0.2, -0.15) is 0 Å². The molecular formula is C17H10Br2Cl4N3O2P. The summed E-state index contributed by atoms with van der Waals surface area (Å²) in [4.78, 5) is 23.4. The topological polar surface area (TPSA) is 72.8 Å². The van der Waals surface area contributed by atoms with E-state index in [1.807, 2.05) is 18.2 Å². The largest absolute Gasteiger partial charge is 0.339 e. The lowest BCUT2D eigenvalue weighted by molar-refractivity contribution is -0.114. The van der Waals surface area contributed by atoms with Crippen LogP contribution in [0.3, 0.4) is 0 Å². The third-order valence-corrected chi connectivity index (χ3v) is 4.31. The zero-order valence-corrected chi connectivity index (χ0v) is 21.3. The molecule has 0 spiro atoms. The summed E-state index contributed by atoms with van der Waals surface area (Å²) in [5.41, 5.74) is 3.55. The molecule has 152 valence electrons. The number of hydrogen-bond acceptors (Lipinski definition) is 5. The van der Waals surface area contributed by atoms with Crippen molar-refractivity contribution in [1.29, 1.82) is 0 Å². The Kier molecular flexibility index (Phi) is 9.55. The molecular weight excluding hydrogens is 611 g/mol. The Balaban J connectivity index is 0.000000170. The highest BCUT2D eigenvalue weighted by Crippen LogP contribution is 2.61. The van der Waals surface area contributed by atoms with Crippen molar-refractivity contribution in [3.8, 4) is 0 Å². The highest BCUT2D eigenvalue weighted by Gasteiger charge is 2.10. The second kappa shape index (κ2) is 11.2. The molecule has 3 aromatic rings. The molecule has 12 heteroatoms. The number of carbonyl (C=O) groups excluding carboxylic acids is 1. The molecule has 0 aromatic carbocycles. The van der Waals surface area contributed by atoms with Crippen molar-refractivity contribution in [2.75, 3.05) is 0 Å². The van der Waals surface area contributed by atoms with E-state index in [1.54, 1.807) is 30.6 Å². The first-order valence-electron chi connectivity index (χ1n) is 7.63. The molecule has 5 nitrogen and oxygen atoms in total. The van der Waals surface area contributed by atoms with Crippen LogP contribution >= 0.6 is 82.4 Å². The number of rotatable bonds is 0. The van der Waals surface area contributed by atoms with Gasteiger partial charge in [-0.25, -0.2) is 4.98 Å². The number of fused-ring (bicyclic) bond motifs is 2. The van der Waals surface area contributed by atoms with Crippen LogP contribution in [0.15, 0.2) is 51.7 Å². The van der Waals surface area contributed by atoms with Crippen molar-refractivity contribution in [1.82, 2.24) is 15.0 Å². The third-order valence-electron chi connectivity index (χ3n) is 3.23. The van der Waals surface area contributed by atoms with Crippen LogP contribution in [0.4, 0.5) is 0 Å². The summed E-state index contributed by atoms with van der Waals surface area (Å²) < 4.78 is 11.3. The van der Waals surface area contributed by atoms with Gasteiger partial charge in [0.15, 0.2) is 5.78 Å². The summed E-state index contributed by atoms with van der Waals surface area (Å²) in [5.74, 6) is 0.141. The summed E-state index contributed by atoms with van der Waals surface area (Å²) in [7, 11) is 0. The average Bonchev–Trinajstić information content (AvgIpc) is 2.60. The number of allylic oxidation sites excluding steroid dienone is 1. The fraction of sp³-hybridized carbons (Fsp3) is 0.0588. The van der Waals surface area contributed by atoms with Crippen LogP contribution in [0.2, 0.25) is 5.15 Å². The van der Waals surface area contributed by atoms with E-state index < -0.39 is 5.20 Å². The molecule has 3 heterocycles. The monoisotopic (exact) mass is 617 g/mol. The maximum atomic E-state index is 11.0. The van der Waals surface area contributed by atoms with E-state index in [-0.39, 0.29) is 5.78 Å². The zero-order valence-electron chi connectivity index (χ0n) is 14.2. The SMILES string of the molecule is Clc1ccc2ncc(Br)cc2n1.O=C1C=Cc2ncc(Br)cc2C1.O=P(Cl)(Cl)Cl. The lowest BCUT2D eigenvalue weighted by Crippen LogP contribution is -2.06. The summed E-state index contributed by atoms with van der Waals surface area (Å²) >= 11 is 26.2. The van der Waals surface area contributed by atoms with Crippen LogP contribution in [-0.2, 0) is 15.8 Å². The van der Waals surface area contributed by atoms with Gasteiger partial charge in [-0.3, -0.25) is 19.3 Å². The van der Waals surface area contributed by atoms with Crippen LogP contribution in [0.25, 0.3) is 17.1 Å². The van der Waals surface area contributed by atoms with Crippen molar-refractivity contribution >= 4 is 105 Å². The van der Waals surface area contributed by atoms with Crippen molar-refractivity contribution in [3.05, 3.63) is 68.1 Å². The van der Waals surface area contributed by atoms with Crippen molar-refractivity contribution < 1.29 is 9.36 Å². The number of pyridine rings is 3. The summed E-state index contributed by atoms with van der Waals surface area (Å²) in [6.45, 7) is 0. The maximum Gasteiger partial charge on any atom is 0.339 e. The molecule has 0 N–H and O–H groups in total. The number of nitrogens with zero attached hydrogens (tertiary/aromatic N) is 3. The summed E-state index contributed by atoms with van der Waals surface area (Å²) in [6, 6.07) is 7.39. The Hall–Kier alpha value is -0.530. The van der Waals surface area contributed by atoms with Gasteiger partial charge in [0, 0.05) is 27.8 Å². The Morgan fingerprint density at radius 3 is 2.24 bits per heavy atom. The van der Waals surface area contributed by atoms with Crippen LogP contribution < -0.4 is 0 Å². The minimum Gasteiger partial charge on any atom is -0.294 e. The van der Waals surface area contributed by atoms with E-state index in [0.29, 0.717) is 11.6 Å². The molecule has 0 unspecified atom stereocenters. The molecule has 4 rings (SSSR count). The fourth-order valence-corrected chi connectivity index (χ4v) is 3.01. The zero-order chi connectivity index (χ0) is 21.6. The predicted octanol–water partition coefficient (Wildman–Crippen LogP) is 7.84. The number of carbonyl (C=O) groups is 1. The Morgan fingerprint density at radius 2 is 1.55 bits per heavy atom. The summed E-state index contributed by atoms with van der Waals surface area (Å²) in [6.07, 6.45) is 7.27. The van der Waals surface area contributed by atoms with Gasteiger partial charge < -0.3 is 0 Å². The van der Waals surface area contributed by atoms with Gasteiger partial charge in [-0.05, 0) is 108 Å². The predicted molar refractivity (Wildman–Crippen MR) is 127 cm³/mol. The molecule has 0 saturated carbocycles. The van der Waals surface area contributed by atoms with Crippen LogP contribution in [0, 0.1) is 0 Å². The highest BCUT2D eigenvalue weighted by molar-refractivity contribution is 9.10. The standard InChI is InChI=1S/C9H6BrNO.C8H4BrClN2.Cl3OP/c10-7-3-6-4-8(12)1-2-9(6)11-5-7;9-5-3-7-6(11-4-5)1-2-8(10)12-7;1-5(2,3)4/h1-3,5H,4H2;1-4H;. The van der Waals surface area contributed by atoms with Gasteiger partial charge in [-0.15, -0.1) is 0 Å². The lowest BCUT2D eigenvalue weighted by Gasteiger charge is -2.07. The second-order valence-electron chi connectivity index (χ2n) is 5.40. The molecule has 0 radical (unpaired) electrons. The van der Waals surface area contributed by atoms with E-state index in [0.717, 1.165) is 31.2 Å². The number of halogens is 6. The van der Waals surface area contributed by atoms with Crippen molar-refractivity contribution in [2.45, 2.75) is 6.42 Å². The van der Waals surface area contributed by atoms with Crippen molar-refractivity contribution in [3.63, 3.8) is 0 Å². The first-order chi connectivity index (χ1) is 13.5. The molecule has 0 aliphatic heterocycles. The van der Waals surface area contributed by atoms with Gasteiger partial charge >= 0.3 is 5.20 Å². The Labute approximate surface area is 202 Å². The van der Waals surface area contributed by atoms with Gasteiger partial charge in [0.2, 0.25) is 0 Å². The average molecular weight is 621 g/mol. The smallest absolute Gasteiger partial charge is 0.294 e. The van der Waals surface area contributed by atoms with Gasteiger partial charge in [0.05, 0.1) is 16.7 Å². The van der Waals surface area contributed by atoms with E-state index in [1.165, 1.54) is 0 Å². The second-order valence-corrected chi connectivity index (χ2v) is 14.3. The number of ketones is 1. The van der Waals surface area contributed by atoms with E-state index >= 15 is 0 Å². The van der Waals surface area contributed by atoms with Gasteiger partial charge in [0.25, 0.3) is 0 Å². The van der Waals surface area contributed by atoms with Gasteiger partial charge in [0.1, 0.15) is 5.15 Å². The van der Waals surface area contributed by atoms with Gasteiger partial charge in [-0.1, -0.05) is 11.6 Å². The Bertz CT molecular complexity index is 1080. The van der Waals surface area contributed by atoms with E-state index in [4.69, 9.17) is 11.6 Å². The third kappa shape index (κ3) is 9.43. The number of hydrogen-bond donors (Lipinski definition) is 0. The molecule has 0 bridgehead atoms. The first kappa shape index (κ1) is 24.7. The first-order valence-corrected chi connectivity index (χ1v) is 14.0. The van der Waals surface area contributed by atoms with E-state index in [2.05, 4.69) is 80.5 Å². The quantitative estimate of drug-likeness (QED) is 0.189. The Morgan fingerprint density at radius 1 is 0.931 bits per heavy atom. The summed E-state index contributed by atoms with van der Waals surface area (Å²) in [5, 5.41) is -2.73. The van der Waals surface area contributed by atoms with E-state index in [9.17, 15) is 9.36 Å². The minimum atomic E-state index is -3.22. The molecule has 0 saturated heterocycles. The molecule has 0 fully saturated rings.